The number of nitrogens with one attached hydrogen (secondary N) is 2. The first kappa shape index (κ1) is 20.8. The van der Waals surface area contributed by atoms with Gasteiger partial charge >= 0.3 is 0 Å². The molecule has 0 aliphatic rings. The van der Waals surface area contributed by atoms with Gasteiger partial charge in [0.15, 0.2) is 5.75 Å². The van der Waals surface area contributed by atoms with Crippen LogP contribution in [0.3, 0.4) is 0 Å². The fourth-order valence-corrected chi connectivity index (χ4v) is 2.41. The number of ether oxygens (including phenoxy) is 1. The molecule has 2 N–H and O–H groups in total. The standard InChI is InChI=1S/C21H25ClN2O3/c1-21(2,3)20(26)23-14-8-13-19(25)24-16-10-5-7-12-18(16)27-17-11-6-4-9-15(17)22/h4-7,9-12H,8,13-14H2,1-3H3,(H,23,26)(H,24,25). The van der Waals surface area contributed by atoms with Crippen molar-refractivity contribution in [2.75, 3.05) is 11.9 Å². The third-order valence-corrected chi connectivity index (χ3v) is 4.08. The van der Waals surface area contributed by atoms with Crippen LogP contribution in [-0.4, -0.2) is 18.4 Å². The number of benzene rings is 2. The summed E-state index contributed by atoms with van der Waals surface area (Å²) in [4.78, 5) is 24.0. The van der Waals surface area contributed by atoms with E-state index in [0.717, 1.165) is 0 Å². The van der Waals surface area contributed by atoms with Crippen LogP contribution in [0.5, 0.6) is 11.5 Å². The molecule has 0 saturated heterocycles. The normalized spacial score (nSPS) is 11.0. The zero-order valence-electron chi connectivity index (χ0n) is 15.8. The van der Waals surface area contributed by atoms with Gasteiger partial charge in [-0.25, -0.2) is 0 Å². The molecule has 2 rings (SSSR count). The number of rotatable bonds is 7. The van der Waals surface area contributed by atoms with Gasteiger partial charge in [-0.05, 0) is 30.7 Å². The maximum atomic E-state index is 12.2. The molecule has 0 unspecified atom stereocenters. The third-order valence-electron chi connectivity index (χ3n) is 3.77. The van der Waals surface area contributed by atoms with Gasteiger partial charge in [0.05, 0.1) is 10.7 Å². The summed E-state index contributed by atoms with van der Waals surface area (Å²) in [5.74, 6) is 0.863. The molecule has 0 aliphatic heterocycles. The van der Waals surface area contributed by atoms with Crippen molar-refractivity contribution in [1.82, 2.24) is 5.32 Å². The SMILES string of the molecule is CC(C)(C)C(=O)NCCCC(=O)Nc1ccccc1Oc1ccccc1Cl. The maximum Gasteiger partial charge on any atom is 0.225 e. The summed E-state index contributed by atoms with van der Waals surface area (Å²) in [5, 5.41) is 6.18. The van der Waals surface area contributed by atoms with E-state index in [1.54, 1.807) is 24.3 Å². The zero-order valence-corrected chi connectivity index (χ0v) is 16.6. The molecular weight excluding hydrogens is 364 g/mol. The molecule has 0 aromatic heterocycles. The number of amides is 2. The van der Waals surface area contributed by atoms with Crippen LogP contribution < -0.4 is 15.4 Å². The Morgan fingerprint density at radius 2 is 1.63 bits per heavy atom. The number of halogens is 1. The smallest absolute Gasteiger partial charge is 0.225 e. The van der Waals surface area contributed by atoms with Crippen molar-refractivity contribution in [3.05, 3.63) is 53.6 Å². The highest BCUT2D eigenvalue weighted by molar-refractivity contribution is 6.32. The molecular formula is C21H25ClN2O3. The zero-order chi connectivity index (χ0) is 19.9. The van der Waals surface area contributed by atoms with Gasteiger partial charge in [0.25, 0.3) is 0 Å². The van der Waals surface area contributed by atoms with Gasteiger partial charge in [0.2, 0.25) is 11.8 Å². The van der Waals surface area contributed by atoms with Crippen molar-refractivity contribution in [2.45, 2.75) is 33.6 Å². The Balaban J connectivity index is 1.89. The van der Waals surface area contributed by atoms with E-state index in [9.17, 15) is 9.59 Å². The van der Waals surface area contributed by atoms with Crippen molar-refractivity contribution in [3.63, 3.8) is 0 Å². The predicted octanol–water partition coefficient (Wildman–Crippen LogP) is 5.01. The average Bonchev–Trinajstić information content (AvgIpc) is 2.61. The van der Waals surface area contributed by atoms with Gasteiger partial charge < -0.3 is 15.4 Å². The Hall–Kier alpha value is -2.53. The van der Waals surface area contributed by atoms with Crippen LogP contribution in [0.25, 0.3) is 0 Å². The highest BCUT2D eigenvalue weighted by Gasteiger charge is 2.20. The van der Waals surface area contributed by atoms with Crippen LogP contribution >= 0.6 is 11.6 Å². The fraction of sp³-hybridized carbons (Fsp3) is 0.333. The van der Waals surface area contributed by atoms with Crippen molar-refractivity contribution < 1.29 is 14.3 Å². The highest BCUT2D eigenvalue weighted by atomic mass is 35.5. The Morgan fingerprint density at radius 3 is 2.30 bits per heavy atom. The molecule has 0 saturated carbocycles. The Bertz CT molecular complexity index is 800. The molecule has 0 heterocycles. The molecule has 0 radical (unpaired) electrons. The molecule has 0 fully saturated rings. The second-order valence-corrected chi connectivity index (χ2v) is 7.59. The maximum absolute atomic E-state index is 12.2. The summed E-state index contributed by atoms with van der Waals surface area (Å²) >= 11 is 6.13. The van der Waals surface area contributed by atoms with Gasteiger partial charge in [-0.1, -0.05) is 56.6 Å². The number of para-hydroxylation sites is 3. The third kappa shape index (κ3) is 6.61. The van der Waals surface area contributed by atoms with Crippen LogP contribution in [0, 0.1) is 5.41 Å². The van der Waals surface area contributed by atoms with E-state index >= 15 is 0 Å². The average molecular weight is 389 g/mol. The van der Waals surface area contributed by atoms with E-state index in [1.165, 1.54) is 0 Å². The van der Waals surface area contributed by atoms with Gasteiger partial charge in [0, 0.05) is 18.4 Å². The number of hydrogen-bond acceptors (Lipinski definition) is 3. The lowest BCUT2D eigenvalue weighted by molar-refractivity contribution is -0.128. The van der Waals surface area contributed by atoms with E-state index in [4.69, 9.17) is 16.3 Å². The minimum Gasteiger partial charge on any atom is -0.454 e. The van der Waals surface area contributed by atoms with E-state index in [-0.39, 0.29) is 11.8 Å². The quantitative estimate of drug-likeness (QED) is 0.655. The molecule has 5 nitrogen and oxygen atoms in total. The number of carbonyl (C=O) groups excluding carboxylic acids is 2. The molecule has 0 aliphatic carbocycles. The first-order valence-corrected chi connectivity index (χ1v) is 9.25. The predicted molar refractivity (Wildman–Crippen MR) is 108 cm³/mol. The summed E-state index contributed by atoms with van der Waals surface area (Å²) in [7, 11) is 0. The van der Waals surface area contributed by atoms with Crippen molar-refractivity contribution in [1.29, 1.82) is 0 Å². The van der Waals surface area contributed by atoms with Crippen molar-refractivity contribution >= 4 is 29.1 Å². The van der Waals surface area contributed by atoms with Crippen LogP contribution in [-0.2, 0) is 9.59 Å². The molecule has 2 aromatic carbocycles. The molecule has 0 bridgehead atoms. The van der Waals surface area contributed by atoms with Gasteiger partial charge in [-0.2, -0.15) is 0 Å². The van der Waals surface area contributed by atoms with Crippen molar-refractivity contribution in [3.8, 4) is 11.5 Å². The minimum atomic E-state index is -0.433. The Morgan fingerprint density at radius 1 is 1.00 bits per heavy atom. The monoisotopic (exact) mass is 388 g/mol. The van der Waals surface area contributed by atoms with E-state index in [2.05, 4.69) is 10.6 Å². The van der Waals surface area contributed by atoms with E-state index in [1.807, 2.05) is 45.0 Å². The molecule has 6 heteroatoms. The molecule has 0 spiro atoms. The van der Waals surface area contributed by atoms with Crippen LogP contribution in [0.15, 0.2) is 48.5 Å². The topological polar surface area (TPSA) is 67.4 Å². The fourth-order valence-electron chi connectivity index (χ4n) is 2.23. The van der Waals surface area contributed by atoms with Crippen molar-refractivity contribution in [2.24, 2.45) is 5.41 Å². The second-order valence-electron chi connectivity index (χ2n) is 7.19. The molecule has 27 heavy (non-hydrogen) atoms. The van der Waals surface area contributed by atoms with E-state index < -0.39 is 5.41 Å². The molecule has 144 valence electrons. The summed E-state index contributed by atoms with van der Waals surface area (Å²) in [6.07, 6.45) is 0.853. The lowest BCUT2D eigenvalue weighted by atomic mass is 9.96. The largest absolute Gasteiger partial charge is 0.454 e. The van der Waals surface area contributed by atoms with Gasteiger partial charge in [-0.15, -0.1) is 0 Å². The second kappa shape index (κ2) is 9.42. The number of anilines is 1. The molecule has 0 atom stereocenters. The first-order valence-electron chi connectivity index (χ1n) is 8.87. The summed E-state index contributed by atoms with van der Waals surface area (Å²) in [6.45, 7) is 6.02. The summed E-state index contributed by atoms with van der Waals surface area (Å²) in [5.41, 5.74) is 0.137. The van der Waals surface area contributed by atoms with Crippen LogP contribution in [0.4, 0.5) is 5.69 Å². The van der Waals surface area contributed by atoms with Gasteiger partial charge in [0.1, 0.15) is 5.75 Å². The molecule has 2 aromatic rings. The van der Waals surface area contributed by atoms with Crippen LogP contribution in [0.2, 0.25) is 5.02 Å². The minimum absolute atomic E-state index is 0.0265. The molecule has 2 amide bonds. The number of carbonyl (C=O) groups is 2. The van der Waals surface area contributed by atoms with Crippen LogP contribution in [0.1, 0.15) is 33.6 Å². The lowest BCUT2D eigenvalue weighted by Gasteiger charge is -2.17. The lowest BCUT2D eigenvalue weighted by Crippen LogP contribution is -2.35. The Kier molecular flexibility index (Phi) is 7.25. The van der Waals surface area contributed by atoms with E-state index in [0.29, 0.717) is 41.6 Å². The Labute approximate surface area is 165 Å². The number of hydrogen-bond donors (Lipinski definition) is 2. The summed E-state index contributed by atoms with van der Waals surface area (Å²) in [6, 6.07) is 14.3. The first-order chi connectivity index (χ1) is 12.8. The highest BCUT2D eigenvalue weighted by Crippen LogP contribution is 2.33. The summed E-state index contributed by atoms with van der Waals surface area (Å²) < 4.78 is 5.83. The van der Waals surface area contributed by atoms with Gasteiger partial charge in [-0.3, -0.25) is 9.59 Å².